The molecular weight excluding hydrogens is 228 g/mol. The summed E-state index contributed by atoms with van der Waals surface area (Å²) in [6.45, 7) is 9.41. The van der Waals surface area contributed by atoms with Gasteiger partial charge in [-0.05, 0) is 54.2 Å². The minimum absolute atomic E-state index is 0.734. The van der Waals surface area contributed by atoms with E-state index in [1.54, 1.807) is 11.3 Å². The summed E-state index contributed by atoms with van der Waals surface area (Å²) in [7, 11) is 0. The highest BCUT2D eigenvalue weighted by atomic mass is 32.1. The van der Waals surface area contributed by atoms with Crippen LogP contribution in [0, 0.1) is 5.92 Å². The maximum atomic E-state index is 3.60. The number of piperidine rings is 1. The Morgan fingerprint density at radius 3 is 3.06 bits per heavy atom. The average molecular weight is 252 g/mol. The molecule has 1 aromatic heterocycles. The molecule has 0 aromatic carbocycles. The maximum absolute atomic E-state index is 3.60. The lowest BCUT2D eigenvalue weighted by atomic mass is 9.93. The Morgan fingerprint density at radius 2 is 2.41 bits per heavy atom. The van der Waals surface area contributed by atoms with E-state index in [-0.39, 0.29) is 0 Å². The Bertz CT molecular complexity index is 310. The Labute approximate surface area is 109 Å². The van der Waals surface area contributed by atoms with Crippen molar-refractivity contribution in [1.29, 1.82) is 0 Å². The van der Waals surface area contributed by atoms with Crippen molar-refractivity contribution >= 4 is 11.3 Å². The van der Waals surface area contributed by atoms with Crippen LogP contribution < -0.4 is 5.32 Å². The van der Waals surface area contributed by atoms with E-state index in [4.69, 9.17) is 0 Å². The van der Waals surface area contributed by atoms with Crippen LogP contribution >= 0.6 is 11.3 Å². The maximum Gasteiger partial charge on any atom is 0.0117 e. The molecule has 1 aliphatic heterocycles. The van der Waals surface area contributed by atoms with E-state index in [0.29, 0.717) is 0 Å². The summed E-state index contributed by atoms with van der Waals surface area (Å²) in [6.07, 6.45) is 2.51. The molecule has 2 rings (SSSR count). The molecule has 0 amide bonds. The van der Waals surface area contributed by atoms with Gasteiger partial charge in [-0.2, -0.15) is 11.3 Å². The van der Waals surface area contributed by atoms with Gasteiger partial charge in [0.15, 0.2) is 0 Å². The van der Waals surface area contributed by atoms with Crippen molar-refractivity contribution in [1.82, 2.24) is 10.2 Å². The minimum Gasteiger partial charge on any atom is -0.314 e. The van der Waals surface area contributed by atoms with Crippen molar-refractivity contribution in [3.63, 3.8) is 0 Å². The Kier molecular flexibility index (Phi) is 5.01. The predicted molar refractivity (Wildman–Crippen MR) is 75.7 cm³/mol. The molecule has 17 heavy (non-hydrogen) atoms. The first kappa shape index (κ1) is 13.1. The van der Waals surface area contributed by atoms with Gasteiger partial charge in [0.1, 0.15) is 0 Å². The molecule has 1 aromatic rings. The van der Waals surface area contributed by atoms with Crippen molar-refractivity contribution in [2.75, 3.05) is 26.2 Å². The third-order valence-corrected chi connectivity index (χ3v) is 4.48. The van der Waals surface area contributed by atoms with Gasteiger partial charge in [-0.3, -0.25) is 0 Å². The molecule has 2 nitrogen and oxygen atoms in total. The van der Waals surface area contributed by atoms with Gasteiger partial charge < -0.3 is 10.2 Å². The molecule has 1 fully saturated rings. The Morgan fingerprint density at radius 1 is 1.53 bits per heavy atom. The first-order valence-electron chi connectivity index (χ1n) is 6.76. The van der Waals surface area contributed by atoms with Crippen molar-refractivity contribution in [2.45, 2.75) is 32.7 Å². The first-order valence-corrected chi connectivity index (χ1v) is 7.70. The van der Waals surface area contributed by atoms with Gasteiger partial charge in [-0.1, -0.05) is 13.8 Å². The Hall–Kier alpha value is -0.380. The Balaban J connectivity index is 1.73. The second-order valence-electron chi connectivity index (χ2n) is 5.11. The second kappa shape index (κ2) is 6.53. The topological polar surface area (TPSA) is 15.3 Å². The third kappa shape index (κ3) is 3.80. The molecule has 1 saturated heterocycles. The molecule has 1 N–H and O–H groups in total. The quantitative estimate of drug-likeness (QED) is 0.866. The largest absolute Gasteiger partial charge is 0.314 e. The van der Waals surface area contributed by atoms with Crippen molar-refractivity contribution in [3.8, 4) is 0 Å². The summed E-state index contributed by atoms with van der Waals surface area (Å²) >= 11 is 1.81. The number of thiophene rings is 1. The standard InChI is InChI=1S/C14H24N2S/c1-3-15-14-5-8-16(10-12(14)2)7-4-13-6-9-17-11-13/h6,9,11-12,14-15H,3-5,7-8,10H2,1-2H3. The van der Waals surface area contributed by atoms with Crippen LogP contribution in [0.1, 0.15) is 25.8 Å². The zero-order chi connectivity index (χ0) is 12.1. The fraction of sp³-hybridized carbons (Fsp3) is 0.714. The van der Waals surface area contributed by atoms with E-state index in [0.717, 1.165) is 18.5 Å². The first-order chi connectivity index (χ1) is 8.29. The van der Waals surface area contributed by atoms with Crippen molar-refractivity contribution in [2.24, 2.45) is 5.92 Å². The van der Waals surface area contributed by atoms with Gasteiger partial charge in [-0.15, -0.1) is 0 Å². The molecule has 3 heteroatoms. The van der Waals surface area contributed by atoms with Crippen LogP contribution in [-0.2, 0) is 6.42 Å². The van der Waals surface area contributed by atoms with Crippen LogP contribution in [0.4, 0.5) is 0 Å². The summed E-state index contributed by atoms with van der Waals surface area (Å²) in [5.41, 5.74) is 1.50. The van der Waals surface area contributed by atoms with Gasteiger partial charge in [0.25, 0.3) is 0 Å². The number of hydrogen-bond donors (Lipinski definition) is 1. The molecule has 0 saturated carbocycles. The molecule has 96 valence electrons. The summed E-state index contributed by atoms with van der Waals surface area (Å²) in [5, 5.41) is 8.05. The highest BCUT2D eigenvalue weighted by molar-refractivity contribution is 7.07. The average Bonchev–Trinajstić information content (AvgIpc) is 2.83. The van der Waals surface area contributed by atoms with Gasteiger partial charge in [-0.25, -0.2) is 0 Å². The highest BCUT2D eigenvalue weighted by Crippen LogP contribution is 2.17. The fourth-order valence-corrected chi connectivity index (χ4v) is 3.43. The number of nitrogens with zero attached hydrogens (tertiary/aromatic N) is 1. The summed E-state index contributed by atoms with van der Waals surface area (Å²) < 4.78 is 0. The summed E-state index contributed by atoms with van der Waals surface area (Å²) in [6, 6.07) is 2.98. The molecule has 0 bridgehead atoms. The van der Waals surface area contributed by atoms with E-state index >= 15 is 0 Å². The minimum atomic E-state index is 0.734. The SMILES string of the molecule is CCNC1CCN(CCc2ccsc2)CC1C. The van der Waals surface area contributed by atoms with E-state index in [1.165, 1.54) is 38.0 Å². The summed E-state index contributed by atoms with van der Waals surface area (Å²) in [4.78, 5) is 2.62. The van der Waals surface area contributed by atoms with Crippen LogP contribution in [0.5, 0.6) is 0 Å². The van der Waals surface area contributed by atoms with E-state index in [9.17, 15) is 0 Å². The number of hydrogen-bond acceptors (Lipinski definition) is 3. The molecule has 0 spiro atoms. The lowest BCUT2D eigenvalue weighted by Crippen LogP contribution is -2.48. The summed E-state index contributed by atoms with van der Waals surface area (Å²) in [5.74, 6) is 0.783. The molecule has 2 atom stereocenters. The third-order valence-electron chi connectivity index (χ3n) is 3.75. The lowest BCUT2D eigenvalue weighted by Gasteiger charge is -2.37. The van der Waals surface area contributed by atoms with Gasteiger partial charge in [0, 0.05) is 19.1 Å². The van der Waals surface area contributed by atoms with Gasteiger partial charge in [0.05, 0.1) is 0 Å². The molecule has 1 aliphatic rings. The fourth-order valence-electron chi connectivity index (χ4n) is 2.72. The number of likely N-dealkylation sites (tertiary alicyclic amines) is 1. The smallest absolute Gasteiger partial charge is 0.0117 e. The molecular formula is C14H24N2S. The molecule has 2 unspecified atom stereocenters. The molecule has 0 radical (unpaired) electrons. The van der Waals surface area contributed by atoms with E-state index < -0.39 is 0 Å². The van der Waals surface area contributed by atoms with E-state index in [2.05, 4.69) is 40.9 Å². The lowest BCUT2D eigenvalue weighted by molar-refractivity contribution is 0.150. The van der Waals surface area contributed by atoms with Crippen LogP contribution in [0.25, 0.3) is 0 Å². The highest BCUT2D eigenvalue weighted by Gasteiger charge is 2.24. The van der Waals surface area contributed by atoms with Crippen molar-refractivity contribution < 1.29 is 0 Å². The second-order valence-corrected chi connectivity index (χ2v) is 5.89. The predicted octanol–water partition coefficient (Wildman–Crippen LogP) is 2.61. The normalized spacial score (nSPS) is 26.2. The number of nitrogens with one attached hydrogen (secondary N) is 1. The zero-order valence-electron chi connectivity index (χ0n) is 11.0. The zero-order valence-corrected chi connectivity index (χ0v) is 11.8. The molecule has 2 heterocycles. The van der Waals surface area contributed by atoms with Crippen LogP contribution in [-0.4, -0.2) is 37.1 Å². The number of rotatable bonds is 5. The monoisotopic (exact) mass is 252 g/mol. The van der Waals surface area contributed by atoms with Crippen LogP contribution in [0.3, 0.4) is 0 Å². The van der Waals surface area contributed by atoms with Crippen molar-refractivity contribution in [3.05, 3.63) is 22.4 Å². The van der Waals surface area contributed by atoms with Crippen LogP contribution in [0.2, 0.25) is 0 Å². The van der Waals surface area contributed by atoms with Crippen LogP contribution in [0.15, 0.2) is 16.8 Å². The van der Waals surface area contributed by atoms with E-state index in [1.807, 2.05) is 0 Å². The molecule has 0 aliphatic carbocycles. The van der Waals surface area contributed by atoms with Gasteiger partial charge in [0.2, 0.25) is 0 Å². The van der Waals surface area contributed by atoms with Gasteiger partial charge >= 0.3 is 0 Å².